The van der Waals surface area contributed by atoms with Crippen LogP contribution in [0.25, 0.3) is 16.8 Å². The second-order valence-corrected chi connectivity index (χ2v) is 11.3. The third kappa shape index (κ3) is 3.76. The minimum absolute atomic E-state index is 0.0268. The molecular formula is C20H22N6O3S2. The standard InChI is InChI=1S/C20H22N6O3S2/c1-24-9-15(7-22-24)14-6-21-19-17(8-23-26(19)10-14)13-5-18(30-11-13)20(27)25(2)16-3-4-31(28,29)12-16/h5-10,13,16H,3-4,11-12H2,1-2H3. The lowest BCUT2D eigenvalue weighted by molar-refractivity contribution is -0.126. The fourth-order valence-corrected chi connectivity index (χ4v) is 7.00. The van der Waals surface area contributed by atoms with Gasteiger partial charge in [-0.05, 0) is 6.42 Å². The number of amides is 1. The van der Waals surface area contributed by atoms with Crippen LogP contribution in [-0.4, -0.2) is 74.0 Å². The van der Waals surface area contributed by atoms with Crippen molar-refractivity contribution >= 4 is 33.2 Å². The lowest BCUT2D eigenvalue weighted by atomic mass is 10.0. The van der Waals surface area contributed by atoms with Gasteiger partial charge in [-0.15, -0.1) is 11.8 Å². The summed E-state index contributed by atoms with van der Waals surface area (Å²) in [5.41, 5.74) is 3.63. The van der Waals surface area contributed by atoms with Crippen molar-refractivity contribution in [1.82, 2.24) is 29.3 Å². The molecule has 2 atom stereocenters. The molecule has 1 fully saturated rings. The van der Waals surface area contributed by atoms with E-state index in [4.69, 9.17) is 0 Å². The minimum atomic E-state index is -3.04. The number of carbonyl (C=O) groups excluding carboxylic acids is 1. The summed E-state index contributed by atoms with van der Waals surface area (Å²) in [5.74, 6) is 0.843. The normalized spacial score (nSPS) is 22.7. The lowest BCUT2D eigenvalue weighted by Crippen LogP contribution is -2.38. The summed E-state index contributed by atoms with van der Waals surface area (Å²) in [7, 11) is 0.527. The highest BCUT2D eigenvalue weighted by Gasteiger charge is 2.35. The van der Waals surface area contributed by atoms with E-state index in [1.807, 2.05) is 31.7 Å². The Labute approximate surface area is 184 Å². The molecule has 11 heteroatoms. The maximum absolute atomic E-state index is 12.9. The van der Waals surface area contributed by atoms with Gasteiger partial charge in [0.25, 0.3) is 5.91 Å². The molecule has 0 N–H and O–H groups in total. The Balaban J connectivity index is 1.37. The number of fused-ring (bicyclic) bond motifs is 1. The number of likely N-dealkylation sites (N-methyl/N-ethyl adjacent to an activating group) is 1. The summed E-state index contributed by atoms with van der Waals surface area (Å²) in [5, 5.41) is 8.66. The average Bonchev–Trinajstić information content (AvgIpc) is 3.51. The van der Waals surface area contributed by atoms with Crippen molar-refractivity contribution in [3.8, 4) is 11.1 Å². The maximum Gasteiger partial charge on any atom is 0.259 e. The van der Waals surface area contributed by atoms with Gasteiger partial charge >= 0.3 is 0 Å². The Hall–Kier alpha value is -2.66. The van der Waals surface area contributed by atoms with Crippen molar-refractivity contribution in [1.29, 1.82) is 0 Å². The van der Waals surface area contributed by atoms with Crippen LogP contribution in [0.1, 0.15) is 17.9 Å². The number of hydrogen-bond donors (Lipinski definition) is 0. The van der Waals surface area contributed by atoms with Gasteiger partial charge in [-0.2, -0.15) is 10.2 Å². The Morgan fingerprint density at radius 1 is 1.19 bits per heavy atom. The van der Waals surface area contributed by atoms with Gasteiger partial charge in [-0.1, -0.05) is 6.08 Å². The summed E-state index contributed by atoms with van der Waals surface area (Å²) in [4.78, 5) is 19.8. The monoisotopic (exact) mass is 458 g/mol. The van der Waals surface area contributed by atoms with Crippen LogP contribution in [0, 0.1) is 0 Å². The highest BCUT2D eigenvalue weighted by molar-refractivity contribution is 8.04. The van der Waals surface area contributed by atoms with Gasteiger partial charge in [0.15, 0.2) is 15.5 Å². The van der Waals surface area contributed by atoms with Crippen LogP contribution >= 0.6 is 11.8 Å². The second-order valence-electron chi connectivity index (χ2n) is 8.03. The third-order valence-corrected chi connectivity index (χ3v) is 8.78. The molecule has 5 heterocycles. The highest BCUT2D eigenvalue weighted by Crippen LogP contribution is 2.38. The zero-order chi connectivity index (χ0) is 21.8. The van der Waals surface area contributed by atoms with Crippen molar-refractivity contribution in [2.45, 2.75) is 18.4 Å². The molecule has 0 bridgehead atoms. The number of sulfone groups is 1. The minimum Gasteiger partial charge on any atom is -0.337 e. The summed E-state index contributed by atoms with van der Waals surface area (Å²) in [6.07, 6.45) is 11.7. The smallest absolute Gasteiger partial charge is 0.259 e. The molecule has 162 valence electrons. The van der Waals surface area contributed by atoms with E-state index in [1.54, 1.807) is 33.5 Å². The van der Waals surface area contributed by atoms with E-state index in [0.29, 0.717) is 11.3 Å². The van der Waals surface area contributed by atoms with Gasteiger partial charge in [0.05, 0.1) is 28.8 Å². The van der Waals surface area contributed by atoms with Crippen LogP contribution in [0.2, 0.25) is 0 Å². The van der Waals surface area contributed by atoms with E-state index in [1.165, 1.54) is 11.8 Å². The first kappa shape index (κ1) is 20.3. The van der Waals surface area contributed by atoms with E-state index in [9.17, 15) is 13.2 Å². The molecule has 1 amide bonds. The fourth-order valence-electron chi connectivity index (χ4n) is 4.07. The summed E-state index contributed by atoms with van der Waals surface area (Å²) >= 11 is 1.50. The zero-order valence-electron chi connectivity index (χ0n) is 17.2. The second kappa shape index (κ2) is 7.49. The van der Waals surface area contributed by atoms with Gasteiger partial charge in [0.2, 0.25) is 0 Å². The van der Waals surface area contributed by atoms with Crippen LogP contribution in [-0.2, 0) is 21.7 Å². The summed E-state index contributed by atoms with van der Waals surface area (Å²) in [6.45, 7) is 0. The molecule has 3 aromatic rings. The van der Waals surface area contributed by atoms with E-state index >= 15 is 0 Å². The highest BCUT2D eigenvalue weighted by atomic mass is 32.2. The molecule has 0 saturated carbocycles. The van der Waals surface area contributed by atoms with Crippen LogP contribution < -0.4 is 0 Å². The SMILES string of the molecule is CN(C(=O)C1=CC(c2cnn3cc(-c4cnn(C)c4)cnc23)CS1)C1CCS(=O)(=O)C1. The molecule has 1 saturated heterocycles. The van der Waals surface area contributed by atoms with Gasteiger partial charge < -0.3 is 4.90 Å². The van der Waals surface area contributed by atoms with Crippen LogP contribution in [0.15, 0.2) is 42.0 Å². The molecule has 5 rings (SSSR count). The van der Waals surface area contributed by atoms with Gasteiger partial charge in [0.1, 0.15) is 0 Å². The molecule has 0 aliphatic carbocycles. The van der Waals surface area contributed by atoms with Crippen molar-refractivity contribution in [3.05, 3.63) is 47.5 Å². The number of nitrogens with zero attached hydrogens (tertiary/aromatic N) is 6. The predicted octanol–water partition coefficient (Wildman–Crippen LogP) is 1.49. The molecule has 2 aliphatic heterocycles. The number of carbonyl (C=O) groups is 1. The number of hydrogen-bond acceptors (Lipinski definition) is 7. The third-order valence-electron chi connectivity index (χ3n) is 5.88. The van der Waals surface area contributed by atoms with Crippen LogP contribution in [0.5, 0.6) is 0 Å². The average molecular weight is 459 g/mol. The fraction of sp³-hybridized carbons (Fsp3) is 0.400. The largest absolute Gasteiger partial charge is 0.337 e. The first-order valence-electron chi connectivity index (χ1n) is 9.95. The topological polar surface area (TPSA) is 102 Å². The Bertz CT molecular complexity index is 1310. The number of thioether (sulfide) groups is 1. The number of rotatable bonds is 4. The van der Waals surface area contributed by atoms with Gasteiger partial charge in [0, 0.05) is 67.1 Å². The molecule has 0 spiro atoms. The Morgan fingerprint density at radius 2 is 2.00 bits per heavy atom. The molecule has 31 heavy (non-hydrogen) atoms. The molecule has 2 aliphatic rings. The van der Waals surface area contributed by atoms with E-state index in [-0.39, 0.29) is 29.4 Å². The van der Waals surface area contributed by atoms with Gasteiger partial charge in [-0.3, -0.25) is 9.48 Å². The molecule has 0 radical (unpaired) electrons. The molecule has 2 unspecified atom stereocenters. The van der Waals surface area contributed by atoms with E-state index < -0.39 is 9.84 Å². The molecule has 9 nitrogen and oxygen atoms in total. The number of aryl methyl sites for hydroxylation is 1. The van der Waals surface area contributed by atoms with E-state index in [2.05, 4.69) is 15.2 Å². The van der Waals surface area contributed by atoms with E-state index in [0.717, 1.165) is 28.1 Å². The van der Waals surface area contributed by atoms with Crippen molar-refractivity contribution < 1.29 is 13.2 Å². The zero-order valence-corrected chi connectivity index (χ0v) is 18.8. The van der Waals surface area contributed by atoms with Crippen LogP contribution in [0.3, 0.4) is 0 Å². The molecule has 0 aromatic carbocycles. The van der Waals surface area contributed by atoms with Crippen LogP contribution in [0.4, 0.5) is 0 Å². The molecular weight excluding hydrogens is 436 g/mol. The predicted molar refractivity (Wildman–Crippen MR) is 118 cm³/mol. The molecule has 3 aromatic heterocycles. The Kier molecular flexibility index (Phi) is 4.89. The lowest BCUT2D eigenvalue weighted by Gasteiger charge is -2.23. The number of allylic oxidation sites excluding steroid dienone is 1. The first-order valence-corrected chi connectivity index (χ1v) is 12.8. The summed E-state index contributed by atoms with van der Waals surface area (Å²) < 4.78 is 27.0. The number of aromatic nitrogens is 5. The van der Waals surface area contributed by atoms with Crippen molar-refractivity contribution in [3.63, 3.8) is 0 Å². The summed E-state index contributed by atoms with van der Waals surface area (Å²) in [6, 6.07) is -0.248. The first-order chi connectivity index (χ1) is 14.8. The van der Waals surface area contributed by atoms with Crippen molar-refractivity contribution in [2.24, 2.45) is 7.05 Å². The van der Waals surface area contributed by atoms with Crippen molar-refractivity contribution in [2.75, 3.05) is 24.3 Å². The van der Waals surface area contributed by atoms with Gasteiger partial charge in [-0.25, -0.2) is 17.9 Å². The Morgan fingerprint density at radius 3 is 2.71 bits per heavy atom. The maximum atomic E-state index is 12.9. The quantitative estimate of drug-likeness (QED) is 0.584.